The molecule has 0 saturated carbocycles. The zero-order chi connectivity index (χ0) is 12.1. The molecule has 0 aliphatic heterocycles. The van der Waals surface area contributed by atoms with E-state index in [1.165, 1.54) is 0 Å². The third-order valence-electron chi connectivity index (χ3n) is 2.36. The maximum atomic E-state index is 11.7. The van der Waals surface area contributed by atoms with Crippen molar-refractivity contribution in [2.75, 3.05) is 5.32 Å². The van der Waals surface area contributed by atoms with Gasteiger partial charge in [-0.25, -0.2) is 0 Å². The van der Waals surface area contributed by atoms with Crippen molar-refractivity contribution in [1.82, 2.24) is 0 Å². The highest BCUT2D eigenvalue weighted by atomic mass is 35.5. The number of nitrogens with one attached hydrogen (secondary N) is 1. The molecular weight excluding hydrogens is 245 g/mol. The van der Waals surface area contributed by atoms with Crippen molar-refractivity contribution in [2.24, 2.45) is 5.92 Å². The van der Waals surface area contributed by atoms with Crippen molar-refractivity contribution >= 4 is 34.8 Å². The number of rotatable bonds is 4. The highest BCUT2D eigenvalue weighted by Crippen LogP contribution is 2.25. The van der Waals surface area contributed by atoms with E-state index in [0.717, 1.165) is 12.8 Å². The number of hydrogen-bond acceptors (Lipinski definition) is 1. The minimum atomic E-state index is 0.0134. The van der Waals surface area contributed by atoms with Crippen molar-refractivity contribution in [3.05, 3.63) is 28.2 Å². The molecule has 4 heteroatoms. The van der Waals surface area contributed by atoms with E-state index in [-0.39, 0.29) is 11.8 Å². The Morgan fingerprint density at radius 3 is 2.62 bits per heavy atom. The molecule has 16 heavy (non-hydrogen) atoms. The van der Waals surface area contributed by atoms with Crippen LogP contribution in [0.5, 0.6) is 0 Å². The summed E-state index contributed by atoms with van der Waals surface area (Å²) in [6.07, 6.45) is 1.88. The van der Waals surface area contributed by atoms with E-state index in [2.05, 4.69) is 12.2 Å². The Hall–Kier alpha value is -0.730. The lowest BCUT2D eigenvalue weighted by Gasteiger charge is -2.11. The van der Waals surface area contributed by atoms with Crippen LogP contribution in [0.2, 0.25) is 10.0 Å². The first-order valence-electron chi connectivity index (χ1n) is 5.30. The average molecular weight is 260 g/mol. The Bertz CT molecular complexity index is 379. The highest BCUT2D eigenvalue weighted by Gasteiger charge is 2.12. The van der Waals surface area contributed by atoms with Gasteiger partial charge in [0.25, 0.3) is 0 Å². The lowest BCUT2D eigenvalue weighted by molar-refractivity contribution is -0.119. The fourth-order valence-electron chi connectivity index (χ4n) is 1.40. The van der Waals surface area contributed by atoms with Gasteiger partial charge in [-0.2, -0.15) is 0 Å². The molecule has 2 nitrogen and oxygen atoms in total. The summed E-state index contributed by atoms with van der Waals surface area (Å²) in [7, 11) is 0. The first-order valence-corrected chi connectivity index (χ1v) is 6.06. The molecule has 0 unspecified atom stereocenters. The lowest BCUT2D eigenvalue weighted by Crippen LogP contribution is -2.20. The van der Waals surface area contributed by atoms with Gasteiger partial charge in [0.1, 0.15) is 0 Å². The number of carbonyl (C=O) groups excluding carboxylic acids is 1. The lowest BCUT2D eigenvalue weighted by atomic mass is 10.1. The normalized spacial score (nSPS) is 12.2. The Balaban J connectivity index is 2.66. The van der Waals surface area contributed by atoms with Crippen molar-refractivity contribution < 1.29 is 4.79 Å². The van der Waals surface area contributed by atoms with Crippen LogP contribution in [0.1, 0.15) is 26.7 Å². The van der Waals surface area contributed by atoms with Crippen molar-refractivity contribution in [3.63, 3.8) is 0 Å². The second-order valence-electron chi connectivity index (χ2n) is 3.81. The molecule has 0 heterocycles. The first-order chi connectivity index (χ1) is 7.54. The van der Waals surface area contributed by atoms with Crippen LogP contribution in [0.25, 0.3) is 0 Å². The maximum absolute atomic E-state index is 11.7. The largest absolute Gasteiger partial charge is 0.326 e. The fourth-order valence-corrected chi connectivity index (χ4v) is 1.70. The molecule has 0 bridgehead atoms. The zero-order valence-electron chi connectivity index (χ0n) is 9.39. The summed E-state index contributed by atoms with van der Waals surface area (Å²) in [4.78, 5) is 11.7. The number of amides is 1. The van der Waals surface area contributed by atoms with Gasteiger partial charge in [0.15, 0.2) is 0 Å². The summed E-state index contributed by atoms with van der Waals surface area (Å²) >= 11 is 11.6. The molecule has 0 fully saturated rings. The Morgan fingerprint density at radius 2 is 2.06 bits per heavy atom. The molecule has 0 saturated heterocycles. The summed E-state index contributed by atoms with van der Waals surface area (Å²) in [6, 6.07) is 5.06. The Kier molecular flexibility index (Phi) is 5.10. The topological polar surface area (TPSA) is 29.1 Å². The number of hydrogen-bond donors (Lipinski definition) is 1. The maximum Gasteiger partial charge on any atom is 0.227 e. The van der Waals surface area contributed by atoms with Crippen molar-refractivity contribution in [1.29, 1.82) is 0 Å². The van der Waals surface area contributed by atoms with Gasteiger partial charge < -0.3 is 5.32 Å². The van der Waals surface area contributed by atoms with Crippen molar-refractivity contribution in [2.45, 2.75) is 26.7 Å². The molecule has 1 rings (SSSR count). The molecule has 1 N–H and O–H groups in total. The summed E-state index contributed by atoms with van der Waals surface area (Å²) in [5.41, 5.74) is 0.683. The molecule has 0 aliphatic carbocycles. The van der Waals surface area contributed by atoms with Gasteiger partial charge in [-0.3, -0.25) is 4.79 Å². The average Bonchev–Trinajstić information content (AvgIpc) is 2.24. The summed E-state index contributed by atoms with van der Waals surface area (Å²) in [5.74, 6) is 0.0275. The summed E-state index contributed by atoms with van der Waals surface area (Å²) < 4.78 is 0. The van der Waals surface area contributed by atoms with Gasteiger partial charge in [-0.05, 0) is 24.6 Å². The second kappa shape index (κ2) is 6.12. The van der Waals surface area contributed by atoms with E-state index in [4.69, 9.17) is 23.2 Å². The van der Waals surface area contributed by atoms with Crippen LogP contribution >= 0.6 is 23.2 Å². The first kappa shape index (κ1) is 13.3. The van der Waals surface area contributed by atoms with E-state index < -0.39 is 0 Å². The van der Waals surface area contributed by atoms with Gasteiger partial charge in [0, 0.05) is 11.6 Å². The Labute approximate surface area is 106 Å². The van der Waals surface area contributed by atoms with Gasteiger partial charge in [-0.15, -0.1) is 0 Å². The molecule has 0 aliphatic rings. The molecule has 1 aromatic carbocycles. The molecule has 1 atom stereocenters. The molecule has 0 aromatic heterocycles. The SMILES string of the molecule is CCC[C@@H](C)C(=O)Nc1ccc(Cl)c(Cl)c1. The van der Waals surface area contributed by atoms with Crippen LogP contribution in [0.4, 0.5) is 5.69 Å². The molecule has 0 radical (unpaired) electrons. The van der Waals surface area contributed by atoms with E-state index in [0.29, 0.717) is 15.7 Å². The summed E-state index contributed by atoms with van der Waals surface area (Å²) in [5, 5.41) is 3.75. The third-order valence-corrected chi connectivity index (χ3v) is 3.10. The predicted molar refractivity (Wildman–Crippen MR) is 69.2 cm³/mol. The quantitative estimate of drug-likeness (QED) is 0.855. The monoisotopic (exact) mass is 259 g/mol. The minimum Gasteiger partial charge on any atom is -0.326 e. The van der Waals surface area contributed by atoms with Gasteiger partial charge in [-0.1, -0.05) is 43.5 Å². The van der Waals surface area contributed by atoms with Crippen LogP contribution in [0, 0.1) is 5.92 Å². The summed E-state index contributed by atoms with van der Waals surface area (Å²) in [6.45, 7) is 3.97. The molecular formula is C12H15Cl2NO. The van der Waals surface area contributed by atoms with E-state index >= 15 is 0 Å². The van der Waals surface area contributed by atoms with E-state index in [9.17, 15) is 4.79 Å². The molecule has 1 amide bonds. The standard InChI is InChI=1S/C12H15Cl2NO/c1-3-4-8(2)12(16)15-9-5-6-10(13)11(14)7-9/h5-8H,3-4H2,1-2H3,(H,15,16)/t8-/m1/s1. The van der Waals surface area contributed by atoms with Crippen LogP contribution in [-0.4, -0.2) is 5.91 Å². The molecule has 1 aromatic rings. The van der Waals surface area contributed by atoms with Gasteiger partial charge in [0.05, 0.1) is 10.0 Å². The number of halogens is 2. The van der Waals surface area contributed by atoms with Gasteiger partial charge >= 0.3 is 0 Å². The fraction of sp³-hybridized carbons (Fsp3) is 0.417. The molecule has 0 spiro atoms. The van der Waals surface area contributed by atoms with Crippen LogP contribution in [0.15, 0.2) is 18.2 Å². The minimum absolute atomic E-state index is 0.0134. The highest BCUT2D eigenvalue weighted by molar-refractivity contribution is 6.42. The number of anilines is 1. The van der Waals surface area contributed by atoms with Crippen LogP contribution < -0.4 is 5.32 Å². The molecule has 88 valence electrons. The third kappa shape index (κ3) is 3.69. The second-order valence-corrected chi connectivity index (χ2v) is 4.62. The zero-order valence-corrected chi connectivity index (χ0v) is 10.9. The predicted octanol–water partition coefficient (Wildman–Crippen LogP) is 4.37. The van der Waals surface area contributed by atoms with Crippen LogP contribution in [-0.2, 0) is 4.79 Å². The van der Waals surface area contributed by atoms with Crippen LogP contribution in [0.3, 0.4) is 0 Å². The smallest absolute Gasteiger partial charge is 0.227 e. The Morgan fingerprint density at radius 1 is 1.38 bits per heavy atom. The van der Waals surface area contributed by atoms with Crippen molar-refractivity contribution in [3.8, 4) is 0 Å². The number of benzene rings is 1. The van der Waals surface area contributed by atoms with Gasteiger partial charge in [0.2, 0.25) is 5.91 Å². The number of carbonyl (C=O) groups is 1. The van der Waals surface area contributed by atoms with E-state index in [1.807, 2.05) is 6.92 Å². The van der Waals surface area contributed by atoms with E-state index in [1.54, 1.807) is 18.2 Å².